The van der Waals surface area contributed by atoms with Crippen LogP contribution in [0.2, 0.25) is 0 Å². The molecule has 0 heterocycles. The van der Waals surface area contributed by atoms with Crippen LogP contribution in [0.1, 0.15) is 15.9 Å². The number of carbonyl (C=O) groups excluding carboxylic acids is 1. The summed E-state index contributed by atoms with van der Waals surface area (Å²) in [6, 6.07) is 11.1. The normalized spacial score (nSPS) is 10.4. The highest BCUT2D eigenvalue weighted by Gasteiger charge is 2.18. The number of hydrogen-bond acceptors (Lipinski definition) is 3. The number of rotatable bonds is 6. The van der Waals surface area contributed by atoms with Gasteiger partial charge in [0.05, 0.1) is 17.7 Å². The molecule has 0 saturated carbocycles. The molecular formula is C16H14BrFO3. The zero-order valence-electron chi connectivity index (χ0n) is 11.4. The maximum absolute atomic E-state index is 13.9. The lowest BCUT2D eigenvalue weighted by Gasteiger charge is -2.11. The second kappa shape index (κ2) is 7.33. The predicted molar refractivity (Wildman–Crippen MR) is 81.3 cm³/mol. The van der Waals surface area contributed by atoms with E-state index in [1.165, 1.54) is 12.1 Å². The maximum Gasteiger partial charge on any atom is 0.199 e. The summed E-state index contributed by atoms with van der Waals surface area (Å²) in [6.45, 7) is 0.735. The van der Waals surface area contributed by atoms with Crippen molar-refractivity contribution in [3.63, 3.8) is 0 Å². The Morgan fingerprint density at radius 1 is 1.14 bits per heavy atom. The molecule has 0 spiro atoms. The summed E-state index contributed by atoms with van der Waals surface area (Å²) in [5.41, 5.74) is 0.343. The average Bonchev–Trinajstić information content (AvgIpc) is 2.47. The van der Waals surface area contributed by atoms with E-state index in [9.17, 15) is 9.18 Å². The molecule has 0 aliphatic carbocycles. The Labute approximate surface area is 130 Å². The molecule has 0 aliphatic rings. The Morgan fingerprint density at radius 3 is 2.62 bits per heavy atom. The molecule has 0 unspecified atom stereocenters. The molecule has 0 bridgehead atoms. The number of ether oxygens (including phenoxy) is 2. The van der Waals surface area contributed by atoms with Crippen LogP contribution in [0.15, 0.2) is 46.9 Å². The molecule has 0 N–H and O–H groups in total. The minimum Gasteiger partial charge on any atom is -0.490 e. The molecule has 0 radical (unpaired) electrons. The molecule has 0 aromatic heterocycles. The summed E-state index contributed by atoms with van der Waals surface area (Å²) in [5, 5.41) is 0. The Kier molecular flexibility index (Phi) is 5.47. The average molecular weight is 353 g/mol. The largest absolute Gasteiger partial charge is 0.490 e. The fourth-order valence-corrected chi connectivity index (χ4v) is 2.17. The van der Waals surface area contributed by atoms with Crippen molar-refractivity contribution in [2.45, 2.75) is 0 Å². The zero-order valence-corrected chi connectivity index (χ0v) is 13.0. The van der Waals surface area contributed by atoms with Crippen LogP contribution in [0.3, 0.4) is 0 Å². The van der Waals surface area contributed by atoms with Crippen molar-refractivity contribution in [3.05, 3.63) is 63.9 Å². The van der Waals surface area contributed by atoms with Crippen LogP contribution in [-0.4, -0.2) is 26.1 Å². The number of hydrogen-bond donors (Lipinski definition) is 0. The molecule has 21 heavy (non-hydrogen) atoms. The summed E-state index contributed by atoms with van der Waals surface area (Å²) < 4.78 is 24.9. The van der Waals surface area contributed by atoms with Crippen molar-refractivity contribution in [1.82, 2.24) is 0 Å². The molecule has 2 aromatic carbocycles. The maximum atomic E-state index is 13.9. The van der Waals surface area contributed by atoms with E-state index in [0.717, 1.165) is 0 Å². The van der Waals surface area contributed by atoms with Crippen molar-refractivity contribution >= 4 is 21.7 Å². The summed E-state index contributed by atoms with van der Waals surface area (Å²) >= 11 is 3.17. The predicted octanol–water partition coefficient (Wildman–Crippen LogP) is 3.84. The van der Waals surface area contributed by atoms with Gasteiger partial charge in [0, 0.05) is 11.6 Å². The summed E-state index contributed by atoms with van der Waals surface area (Å²) in [6.07, 6.45) is 0. The van der Waals surface area contributed by atoms with Crippen LogP contribution < -0.4 is 4.74 Å². The summed E-state index contributed by atoms with van der Waals surface area (Å²) in [7, 11) is 1.57. The van der Waals surface area contributed by atoms with Gasteiger partial charge in [-0.1, -0.05) is 28.1 Å². The monoisotopic (exact) mass is 352 g/mol. The summed E-state index contributed by atoms with van der Waals surface area (Å²) in [5.74, 6) is -0.559. The minimum atomic E-state index is -0.568. The fourth-order valence-electron chi connectivity index (χ4n) is 1.83. The first kappa shape index (κ1) is 15.7. The third-order valence-electron chi connectivity index (χ3n) is 2.85. The molecule has 0 atom stereocenters. The Hall–Kier alpha value is -1.72. The Balaban J connectivity index is 2.30. The second-order valence-electron chi connectivity index (χ2n) is 4.29. The van der Waals surface area contributed by atoms with Crippen molar-refractivity contribution < 1.29 is 18.7 Å². The smallest absolute Gasteiger partial charge is 0.199 e. The van der Waals surface area contributed by atoms with Gasteiger partial charge in [0.1, 0.15) is 18.2 Å². The number of para-hydroxylation sites is 1. The van der Waals surface area contributed by atoms with Crippen LogP contribution in [0, 0.1) is 5.82 Å². The van der Waals surface area contributed by atoms with E-state index >= 15 is 0 Å². The zero-order chi connectivity index (χ0) is 15.2. The van der Waals surface area contributed by atoms with Gasteiger partial charge in [0.25, 0.3) is 0 Å². The molecule has 0 amide bonds. The van der Waals surface area contributed by atoms with Gasteiger partial charge in [0.15, 0.2) is 5.78 Å². The quantitative estimate of drug-likeness (QED) is 0.585. The van der Waals surface area contributed by atoms with E-state index in [2.05, 4.69) is 15.9 Å². The van der Waals surface area contributed by atoms with Crippen LogP contribution in [0.4, 0.5) is 4.39 Å². The van der Waals surface area contributed by atoms with Gasteiger partial charge >= 0.3 is 0 Å². The van der Waals surface area contributed by atoms with Crippen molar-refractivity contribution in [2.75, 3.05) is 20.3 Å². The molecule has 5 heteroatoms. The number of ketones is 1. The lowest BCUT2D eigenvalue weighted by atomic mass is 10.0. The minimum absolute atomic E-state index is 0.0148. The molecule has 2 rings (SSSR count). The van der Waals surface area contributed by atoms with E-state index < -0.39 is 11.6 Å². The molecule has 3 nitrogen and oxygen atoms in total. The van der Waals surface area contributed by atoms with E-state index in [-0.39, 0.29) is 5.56 Å². The van der Waals surface area contributed by atoms with Gasteiger partial charge in [-0.2, -0.15) is 0 Å². The third-order valence-corrected chi connectivity index (χ3v) is 3.35. The van der Waals surface area contributed by atoms with Gasteiger partial charge < -0.3 is 9.47 Å². The van der Waals surface area contributed by atoms with Crippen LogP contribution in [-0.2, 0) is 4.74 Å². The van der Waals surface area contributed by atoms with E-state index in [1.807, 2.05) is 0 Å². The van der Waals surface area contributed by atoms with Crippen molar-refractivity contribution in [2.24, 2.45) is 0 Å². The lowest BCUT2D eigenvalue weighted by molar-refractivity contribution is 0.102. The standard InChI is InChI=1S/C16H14BrFO3/c1-20-8-9-21-15-5-3-2-4-13(15)16(19)12-7-6-11(17)10-14(12)18/h2-7,10H,8-9H2,1H3. The van der Waals surface area contributed by atoms with Crippen molar-refractivity contribution in [1.29, 1.82) is 0 Å². The number of methoxy groups -OCH3 is 1. The van der Waals surface area contributed by atoms with Gasteiger partial charge in [-0.15, -0.1) is 0 Å². The third kappa shape index (κ3) is 3.89. The number of carbonyl (C=O) groups is 1. The Morgan fingerprint density at radius 2 is 1.90 bits per heavy atom. The van der Waals surface area contributed by atoms with Crippen LogP contribution in [0.5, 0.6) is 5.75 Å². The highest BCUT2D eigenvalue weighted by molar-refractivity contribution is 9.10. The first-order chi connectivity index (χ1) is 10.1. The number of benzene rings is 2. The van der Waals surface area contributed by atoms with E-state index in [0.29, 0.717) is 29.0 Å². The van der Waals surface area contributed by atoms with Gasteiger partial charge in [-0.25, -0.2) is 4.39 Å². The summed E-state index contributed by atoms with van der Waals surface area (Å²) in [4.78, 5) is 12.5. The molecule has 110 valence electrons. The molecule has 0 aliphatic heterocycles. The number of halogens is 2. The van der Waals surface area contributed by atoms with Gasteiger partial charge in [-0.3, -0.25) is 4.79 Å². The highest BCUT2D eigenvalue weighted by Crippen LogP contribution is 2.24. The first-order valence-electron chi connectivity index (χ1n) is 6.34. The van der Waals surface area contributed by atoms with Gasteiger partial charge in [-0.05, 0) is 30.3 Å². The fraction of sp³-hybridized carbons (Fsp3) is 0.188. The Bertz CT molecular complexity index is 643. The molecular weight excluding hydrogens is 339 g/mol. The molecule has 2 aromatic rings. The van der Waals surface area contributed by atoms with Gasteiger partial charge in [0.2, 0.25) is 0 Å². The second-order valence-corrected chi connectivity index (χ2v) is 5.21. The first-order valence-corrected chi connectivity index (χ1v) is 7.13. The lowest BCUT2D eigenvalue weighted by Crippen LogP contribution is -2.10. The topological polar surface area (TPSA) is 35.5 Å². The molecule has 0 fully saturated rings. The van der Waals surface area contributed by atoms with E-state index in [4.69, 9.17) is 9.47 Å². The highest BCUT2D eigenvalue weighted by atomic mass is 79.9. The SMILES string of the molecule is COCCOc1ccccc1C(=O)c1ccc(Br)cc1F. The van der Waals surface area contributed by atoms with Crippen LogP contribution >= 0.6 is 15.9 Å². The molecule has 0 saturated heterocycles. The van der Waals surface area contributed by atoms with Crippen molar-refractivity contribution in [3.8, 4) is 5.75 Å². The van der Waals surface area contributed by atoms with Crippen LogP contribution in [0.25, 0.3) is 0 Å². The van der Waals surface area contributed by atoms with E-state index in [1.54, 1.807) is 37.4 Å².